The molecule has 1 saturated heterocycles. The fourth-order valence-corrected chi connectivity index (χ4v) is 2.91. The van der Waals surface area contributed by atoms with Gasteiger partial charge in [0.1, 0.15) is 0 Å². The summed E-state index contributed by atoms with van der Waals surface area (Å²) in [7, 11) is 0. The van der Waals surface area contributed by atoms with Crippen molar-refractivity contribution in [3.63, 3.8) is 0 Å². The summed E-state index contributed by atoms with van der Waals surface area (Å²) in [5, 5.41) is 2.02. The van der Waals surface area contributed by atoms with Crippen molar-refractivity contribution >= 4 is 5.97 Å². The van der Waals surface area contributed by atoms with Crippen LogP contribution in [0.5, 0.6) is 0 Å². The van der Waals surface area contributed by atoms with E-state index in [0.29, 0.717) is 13.0 Å². The standard InChI is InChI=1S/C15H29NO3/c1-7-12(13(17)18-8-2)19-16-14(3,4)10-9-11-15(16,5)6/h12H,7-11H2,1-6H3. The van der Waals surface area contributed by atoms with Crippen LogP contribution in [-0.2, 0) is 14.4 Å². The largest absolute Gasteiger partial charge is 0.464 e. The zero-order chi connectivity index (χ0) is 14.7. The molecule has 1 aliphatic heterocycles. The van der Waals surface area contributed by atoms with E-state index < -0.39 is 6.10 Å². The molecular weight excluding hydrogens is 242 g/mol. The predicted octanol–water partition coefficient (Wildman–Crippen LogP) is 3.30. The first kappa shape index (κ1) is 16.4. The van der Waals surface area contributed by atoms with Crippen LogP contribution in [0.2, 0.25) is 0 Å². The van der Waals surface area contributed by atoms with Crippen molar-refractivity contribution in [1.29, 1.82) is 0 Å². The van der Waals surface area contributed by atoms with Gasteiger partial charge in [0.05, 0.1) is 6.61 Å². The summed E-state index contributed by atoms with van der Waals surface area (Å²) in [6, 6.07) is 0. The van der Waals surface area contributed by atoms with Crippen molar-refractivity contribution in [2.24, 2.45) is 0 Å². The van der Waals surface area contributed by atoms with E-state index >= 15 is 0 Å². The van der Waals surface area contributed by atoms with Gasteiger partial charge in [-0.1, -0.05) is 6.92 Å². The zero-order valence-electron chi connectivity index (χ0n) is 13.3. The third kappa shape index (κ3) is 3.93. The first-order valence-corrected chi connectivity index (χ1v) is 7.38. The molecule has 1 unspecified atom stereocenters. The average molecular weight is 271 g/mol. The third-order valence-electron chi connectivity index (χ3n) is 3.83. The van der Waals surface area contributed by atoms with Crippen LogP contribution in [0, 0.1) is 0 Å². The Hall–Kier alpha value is -0.610. The summed E-state index contributed by atoms with van der Waals surface area (Å²) in [6.45, 7) is 12.9. The Morgan fingerprint density at radius 1 is 1.16 bits per heavy atom. The maximum Gasteiger partial charge on any atom is 0.337 e. The van der Waals surface area contributed by atoms with Gasteiger partial charge in [-0.3, -0.25) is 4.84 Å². The van der Waals surface area contributed by atoms with Gasteiger partial charge in [0.25, 0.3) is 0 Å². The lowest BCUT2D eigenvalue weighted by Gasteiger charge is -2.52. The molecule has 112 valence electrons. The quantitative estimate of drug-likeness (QED) is 0.719. The normalized spacial score (nSPS) is 23.9. The van der Waals surface area contributed by atoms with Crippen LogP contribution in [0.15, 0.2) is 0 Å². The molecule has 1 atom stereocenters. The molecule has 0 aromatic rings. The number of ether oxygens (including phenoxy) is 1. The molecule has 1 heterocycles. The summed E-state index contributed by atoms with van der Waals surface area (Å²) in [6.07, 6.45) is 3.47. The highest BCUT2D eigenvalue weighted by atomic mass is 16.7. The number of hydroxylamine groups is 2. The summed E-state index contributed by atoms with van der Waals surface area (Å²) in [5.41, 5.74) is -0.108. The molecule has 1 fully saturated rings. The molecular formula is C15H29NO3. The highest BCUT2D eigenvalue weighted by molar-refractivity contribution is 5.74. The van der Waals surface area contributed by atoms with Gasteiger partial charge >= 0.3 is 5.97 Å². The van der Waals surface area contributed by atoms with Crippen LogP contribution in [0.3, 0.4) is 0 Å². The molecule has 0 radical (unpaired) electrons. The van der Waals surface area contributed by atoms with E-state index in [-0.39, 0.29) is 17.0 Å². The zero-order valence-corrected chi connectivity index (χ0v) is 13.3. The Bertz CT molecular complexity index is 297. The van der Waals surface area contributed by atoms with E-state index in [1.165, 1.54) is 6.42 Å². The first-order chi connectivity index (χ1) is 8.74. The van der Waals surface area contributed by atoms with Gasteiger partial charge in [0, 0.05) is 11.1 Å². The SMILES string of the molecule is CCOC(=O)C(CC)ON1C(C)(C)CCCC1(C)C. The molecule has 0 aromatic heterocycles. The van der Waals surface area contributed by atoms with Crippen LogP contribution < -0.4 is 0 Å². The van der Waals surface area contributed by atoms with Crippen LogP contribution in [0.25, 0.3) is 0 Å². The van der Waals surface area contributed by atoms with E-state index in [2.05, 4.69) is 27.7 Å². The third-order valence-corrected chi connectivity index (χ3v) is 3.83. The molecule has 0 spiro atoms. The maximum atomic E-state index is 11.9. The molecule has 19 heavy (non-hydrogen) atoms. The highest BCUT2D eigenvalue weighted by Gasteiger charge is 2.44. The molecule has 0 N–H and O–H groups in total. The smallest absolute Gasteiger partial charge is 0.337 e. The number of hydrogen-bond donors (Lipinski definition) is 0. The molecule has 0 amide bonds. The van der Waals surface area contributed by atoms with E-state index in [9.17, 15) is 4.79 Å². The van der Waals surface area contributed by atoms with Crippen molar-refractivity contribution in [3.05, 3.63) is 0 Å². The number of nitrogens with zero attached hydrogens (tertiary/aromatic N) is 1. The van der Waals surface area contributed by atoms with Crippen molar-refractivity contribution < 1.29 is 14.4 Å². The fourth-order valence-electron chi connectivity index (χ4n) is 2.91. The molecule has 0 bridgehead atoms. The van der Waals surface area contributed by atoms with E-state index in [4.69, 9.17) is 9.57 Å². The minimum atomic E-state index is -0.503. The fraction of sp³-hybridized carbons (Fsp3) is 0.933. The molecule has 4 heteroatoms. The topological polar surface area (TPSA) is 38.8 Å². The molecule has 0 aromatic carbocycles. The van der Waals surface area contributed by atoms with E-state index in [1.807, 2.05) is 18.9 Å². The Labute approximate surface area is 117 Å². The lowest BCUT2D eigenvalue weighted by Crippen LogP contribution is -2.59. The van der Waals surface area contributed by atoms with Crippen LogP contribution >= 0.6 is 0 Å². The average Bonchev–Trinajstić information content (AvgIpc) is 2.27. The van der Waals surface area contributed by atoms with Gasteiger partial charge in [0.2, 0.25) is 0 Å². The summed E-state index contributed by atoms with van der Waals surface area (Å²) < 4.78 is 5.08. The van der Waals surface area contributed by atoms with Crippen LogP contribution in [-0.4, -0.2) is 34.8 Å². The van der Waals surface area contributed by atoms with Gasteiger partial charge in [-0.2, -0.15) is 5.06 Å². The van der Waals surface area contributed by atoms with Crippen LogP contribution in [0.1, 0.15) is 67.2 Å². The minimum absolute atomic E-state index is 0.0539. The van der Waals surface area contributed by atoms with E-state index in [1.54, 1.807) is 0 Å². The predicted molar refractivity (Wildman–Crippen MR) is 75.6 cm³/mol. The number of carbonyl (C=O) groups excluding carboxylic acids is 1. The van der Waals surface area contributed by atoms with Crippen molar-refractivity contribution in [2.75, 3.05) is 6.61 Å². The molecule has 0 aliphatic carbocycles. The minimum Gasteiger partial charge on any atom is -0.464 e. The second-order valence-corrected chi connectivity index (χ2v) is 6.53. The first-order valence-electron chi connectivity index (χ1n) is 7.38. The Kier molecular flexibility index (Phi) is 5.39. The molecule has 4 nitrogen and oxygen atoms in total. The summed E-state index contributed by atoms with van der Waals surface area (Å²) >= 11 is 0. The molecule has 1 aliphatic rings. The lowest BCUT2D eigenvalue weighted by molar-refractivity contribution is -0.302. The lowest BCUT2D eigenvalue weighted by atomic mass is 9.82. The van der Waals surface area contributed by atoms with Crippen molar-refractivity contribution in [2.45, 2.75) is 84.4 Å². The molecule has 0 saturated carbocycles. The summed E-state index contributed by atoms with van der Waals surface area (Å²) in [4.78, 5) is 17.9. The number of piperidine rings is 1. The molecule has 1 rings (SSSR count). The van der Waals surface area contributed by atoms with Gasteiger partial charge in [0.15, 0.2) is 6.10 Å². The Morgan fingerprint density at radius 3 is 2.11 bits per heavy atom. The second kappa shape index (κ2) is 6.23. The van der Waals surface area contributed by atoms with Crippen LogP contribution in [0.4, 0.5) is 0 Å². The monoisotopic (exact) mass is 271 g/mol. The van der Waals surface area contributed by atoms with E-state index in [0.717, 1.165) is 12.8 Å². The maximum absolute atomic E-state index is 11.9. The Morgan fingerprint density at radius 2 is 1.68 bits per heavy atom. The Balaban J connectivity index is 2.82. The summed E-state index contributed by atoms with van der Waals surface area (Å²) in [5.74, 6) is -0.262. The highest BCUT2D eigenvalue weighted by Crippen LogP contribution is 2.39. The van der Waals surface area contributed by atoms with Gasteiger partial charge in [-0.15, -0.1) is 0 Å². The number of hydrogen-bond acceptors (Lipinski definition) is 4. The van der Waals surface area contributed by atoms with Crippen molar-refractivity contribution in [3.8, 4) is 0 Å². The number of carbonyl (C=O) groups is 1. The van der Waals surface area contributed by atoms with Gasteiger partial charge in [-0.05, 0) is 60.3 Å². The van der Waals surface area contributed by atoms with Crippen molar-refractivity contribution in [1.82, 2.24) is 5.06 Å². The van der Waals surface area contributed by atoms with Gasteiger partial charge < -0.3 is 4.74 Å². The second-order valence-electron chi connectivity index (χ2n) is 6.53. The number of rotatable bonds is 5. The van der Waals surface area contributed by atoms with Gasteiger partial charge in [-0.25, -0.2) is 4.79 Å². The number of esters is 1.